The molecule has 0 saturated carbocycles. The molecular formula is C17H21N5. The van der Waals surface area contributed by atoms with Crippen molar-refractivity contribution in [2.24, 2.45) is 0 Å². The number of aromatic amines is 1. The van der Waals surface area contributed by atoms with Gasteiger partial charge in [0.15, 0.2) is 0 Å². The van der Waals surface area contributed by atoms with Crippen LogP contribution in [0, 0.1) is 0 Å². The molecule has 1 aromatic carbocycles. The van der Waals surface area contributed by atoms with E-state index in [1.165, 1.54) is 29.3 Å². The van der Waals surface area contributed by atoms with E-state index in [2.05, 4.69) is 56.3 Å². The second-order valence-electron chi connectivity index (χ2n) is 6.04. The first-order valence-corrected chi connectivity index (χ1v) is 8.03. The van der Waals surface area contributed by atoms with Gasteiger partial charge in [0.2, 0.25) is 0 Å². The van der Waals surface area contributed by atoms with E-state index < -0.39 is 0 Å². The number of aromatic nitrogens is 4. The van der Waals surface area contributed by atoms with E-state index in [-0.39, 0.29) is 6.04 Å². The van der Waals surface area contributed by atoms with Crippen molar-refractivity contribution in [2.75, 3.05) is 0 Å². The van der Waals surface area contributed by atoms with E-state index in [1.54, 1.807) is 0 Å². The molecule has 0 bridgehead atoms. The molecule has 22 heavy (non-hydrogen) atoms. The Morgan fingerprint density at radius 2 is 2.23 bits per heavy atom. The van der Waals surface area contributed by atoms with Gasteiger partial charge in [0, 0.05) is 36.6 Å². The summed E-state index contributed by atoms with van der Waals surface area (Å²) in [4.78, 5) is 3.26. The molecule has 0 saturated heterocycles. The minimum absolute atomic E-state index is 0.202. The highest BCUT2D eigenvalue weighted by Gasteiger charge is 2.19. The number of fused-ring (bicyclic) bond motifs is 2. The van der Waals surface area contributed by atoms with Crippen molar-refractivity contribution in [3.05, 3.63) is 47.7 Å². The van der Waals surface area contributed by atoms with Gasteiger partial charge < -0.3 is 14.9 Å². The lowest BCUT2D eigenvalue weighted by molar-refractivity contribution is 0.465. The van der Waals surface area contributed by atoms with E-state index in [1.807, 2.05) is 6.20 Å². The number of hydrogen-bond donors (Lipinski definition) is 2. The number of rotatable bonds is 4. The molecule has 114 valence electrons. The van der Waals surface area contributed by atoms with Gasteiger partial charge in [-0.05, 0) is 37.5 Å². The standard InChI is InChI=1S/C17H21N5/c1-12(17-21-20-16-7-2-3-10-22(16)17)19-11-13-5-4-6-15-14(13)8-9-18-15/h4-6,8-9,12,18-19H,2-3,7,10-11H2,1H3/t12-/m1/s1. The molecule has 1 aliphatic heterocycles. The van der Waals surface area contributed by atoms with Crippen LogP contribution < -0.4 is 5.32 Å². The van der Waals surface area contributed by atoms with Crippen molar-refractivity contribution in [1.82, 2.24) is 25.1 Å². The number of H-pyrrole nitrogens is 1. The van der Waals surface area contributed by atoms with Gasteiger partial charge in [0.05, 0.1) is 6.04 Å². The monoisotopic (exact) mass is 295 g/mol. The number of nitrogens with one attached hydrogen (secondary N) is 2. The molecule has 5 nitrogen and oxygen atoms in total. The topological polar surface area (TPSA) is 58.5 Å². The zero-order valence-corrected chi connectivity index (χ0v) is 12.8. The largest absolute Gasteiger partial charge is 0.361 e. The summed E-state index contributed by atoms with van der Waals surface area (Å²) in [6.45, 7) is 4.05. The zero-order chi connectivity index (χ0) is 14.9. The van der Waals surface area contributed by atoms with Gasteiger partial charge in [-0.15, -0.1) is 10.2 Å². The van der Waals surface area contributed by atoms with Crippen molar-refractivity contribution < 1.29 is 0 Å². The smallest absolute Gasteiger partial charge is 0.149 e. The molecule has 2 aromatic heterocycles. The van der Waals surface area contributed by atoms with Gasteiger partial charge in [-0.1, -0.05) is 12.1 Å². The predicted molar refractivity (Wildman–Crippen MR) is 86.5 cm³/mol. The van der Waals surface area contributed by atoms with Gasteiger partial charge in [-0.3, -0.25) is 0 Å². The summed E-state index contributed by atoms with van der Waals surface area (Å²) in [5.41, 5.74) is 2.50. The molecular weight excluding hydrogens is 274 g/mol. The average Bonchev–Trinajstić information content (AvgIpc) is 3.19. The van der Waals surface area contributed by atoms with Crippen molar-refractivity contribution in [2.45, 2.75) is 45.3 Å². The molecule has 0 aliphatic carbocycles. The van der Waals surface area contributed by atoms with Crippen LogP contribution in [0.25, 0.3) is 10.9 Å². The average molecular weight is 295 g/mol. The van der Waals surface area contributed by atoms with Crippen LogP contribution in [0.1, 0.15) is 43.0 Å². The fraction of sp³-hybridized carbons (Fsp3) is 0.412. The molecule has 2 N–H and O–H groups in total. The number of nitrogens with zero attached hydrogens (tertiary/aromatic N) is 3. The molecule has 0 unspecified atom stereocenters. The Labute approximate surface area is 129 Å². The molecule has 0 spiro atoms. The molecule has 5 heteroatoms. The maximum Gasteiger partial charge on any atom is 0.149 e. The van der Waals surface area contributed by atoms with Crippen LogP contribution in [0.3, 0.4) is 0 Å². The van der Waals surface area contributed by atoms with Crippen LogP contribution >= 0.6 is 0 Å². The highest BCUT2D eigenvalue weighted by atomic mass is 15.3. The molecule has 1 aliphatic rings. The van der Waals surface area contributed by atoms with Crippen LogP contribution in [0.5, 0.6) is 0 Å². The van der Waals surface area contributed by atoms with Gasteiger partial charge in [-0.2, -0.15) is 0 Å². The molecule has 3 heterocycles. The maximum absolute atomic E-state index is 4.41. The van der Waals surface area contributed by atoms with E-state index in [0.717, 1.165) is 31.2 Å². The van der Waals surface area contributed by atoms with Gasteiger partial charge in [0.25, 0.3) is 0 Å². The van der Waals surface area contributed by atoms with Crippen LogP contribution in [-0.2, 0) is 19.5 Å². The third-order valence-corrected chi connectivity index (χ3v) is 4.56. The van der Waals surface area contributed by atoms with Crippen LogP contribution in [0.15, 0.2) is 30.5 Å². The van der Waals surface area contributed by atoms with Crippen LogP contribution in [0.2, 0.25) is 0 Å². The minimum atomic E-state index is 0.202. The Morgan fingerprint density at radius 1 is 1.27 bits per heavy atom. The van der Waals surface area contributed by atoms with Gasteiger partial charge >= 0.3 is 0 Å². The molecule has 4 rings (SSSR count). The van der Waals surface area contributed by atoms with E-state index >= 15 is 0 Å². The lowest BCUT2D eigenvalue weighted by Crippen LogP contribution is -2.23. The Kier molecular flexibility index (Phi) is 3.42. The summed E-state index contributed by atoms with van der Waals surface area (Å²) in [6, 6.07) is 8.72. The quantitative estimate of drug-likeness (QED) is 0.778. The number of aryl methyl sites for hydroxylation is 1. The lowest BCUT2D eigenvalue weighted by atomic mass is 10.1. The van der Waals surface area contributed by atoms with Crippen molar-refractivity contribution in [3.63, 3.8) is 0 Å². The first-order chi connectivity index (χ1) is 10.8. The van der Waals surface area contributed by atoms with Crippen LogP contribution in [-0.4, -0.2) is 19.7 Å². The maximum atomic E-state index is 4.41. The molecule has 1 atom stereocenters. The van der Waals surface area contributed by atoms with Crippen molar-refractivity contribution >= 4 is 10.9 Å². The Bertz CT molecular complexity index is 785. The van der Waals surface area contributed by atoms with E-state index in [9.17, 15) is 0 Å². The third kappa shape index (κ3) is 2.31. The first-order valence-electron chi connectivity index (χ1n) is 8.03. The normalized spacial score (nSPS) is 15.9. The highest BCUT2D eigenvalue weighted by Crippen LogP contribution is 2.21. The highest BCUT2D eigenvalue weighted by molar-refractivity contribution is 5.82. The SMILES string of the molecule is C[C@@H](NCc1cccc2[nH]ccc12)c1nnc2n1CCCC2. The van der Waals surface area contributed by atoms with E-state index in [4.69, 9.17) is 0 Å². The fourth-order valence-corrected chi connectivity index (χ4v) is 3.31. The number of hydrogen-bond acceptors (Lipinski definition) is 3. The lowest BCUT2D eigenvalue weighted by Gasteiger charge is -2.19. The summed E-state index contributed by atoms with van der Waals surface area (Å²) < 4.78 is 2.29. The molecule has 0 radical (unpaired) electrons. The zero-order valence-electron chi connectivity index (χ0n) is 12.8. The molecule has 3 aromatic rings. The Morgan fingerprint density at radius 3 is 3.18 bits per heavy atom. The molecule has 0 fully saturated rings. The summed E-state index contributed by atoms with van der Waals surface area (Å²) in [6.07, 6.45) is 5.51. The number of benzene rings is 1. The summed E-state index contributed by atoms with van der Waals surface area (Å²) in [5.74, 6) is 2.21. The third-order valence-electron chi connectivity index (χ3n) is 4.56. The van der Waals surface area contributed by atoms with Crippen molar-refractivity contribution in [3.8, 4) is 0 Å². The van der Waals surface area contributed by atoms with Gasteiger partial charge in [-0.25, -0.2) is 0 Å². The predicted octanol–water partition coefficient (Wildman–Crippen LogP) is 2.95. The molecule has 0 amide bonds. The second-order valence-corrected chi connectivity index (χ2v) is 6.04. The second kappa shape index (κ2) is 5.57. The Hall–Kier alpha value is -2.14. The van der Waals surface area contributed by atoms with E-state index in [0.29, 0.717) is 0 Å². The first kappa shape index (κ1) is 13.5. The minimum Gasteiger partial charge on any atom is -0.361 e. The van der Waals surface area contributed by atoms with Crippen LogP contribution in [0.4, 0.5) is 0 Å². The fourth-order valence-electron chi connectivity index (χ4n) is 3.31. The summed E-state index contributed by atoms with van der Waals surface area (Å²) in [7, 11) is 0. The summed E-state index contributed by atoms with van der Waals surface area (Å²) in [5, 5.41) is 13.6. The summed E-state index contributed by atoms with van der Waals surface area (Å²) >= 11 is 0. The van der Waals surface area contributed by atoms with Crippen molar-refractivity contribution in [1.29, 1.82) is 0 Å². The Balaban J connectivity index is 1.52. The van der Waals surface area contributed by atoms with Gasteiger partial charge in [0.1, 0.15) is 11.6 Å².